The third-order valence-corrected chi connectivity index (χ3v) is 4.58. The predicted octanol–water partition coefficient (Wildman–Crippen LogP) is 3.65. The summed E-state index contributed by atoms with van der Waals surface area (Å²) < 4.78 is 1.04. The molecule has 7 heteroatoms. The maximum absolute atomic E-state index is 11.2. The molecule has 0 unspecified atom stereocenters. The molecule has 0 fully saturated rings. The van der Waals surface area contributed by atoms with Crippen LogP contribution >= 0.6 is 23.1 Å². The fourth-order valence-electron chi connectivity index (χ4n) is 1.60. The van der Waals surface area contributed by atoms with E-state index in [2.05, 4.69) is 0 Å². The van der Waals surface area contributed by atoms with Crippen molar-refractivity contribution < 1.29 is 14.8 Å². The third kappa shape index (κ3) is 3.12. The number of nitro benzene ring substituents is 1. The molecule has 0 spiro atoms. The zero-order valence-electron chi connectivity index (χ0n) is 9.61. The van der Waals surface area contributed by atoms with E-state index < -0.39 is 10.9 Å². The molecule has 0 aliphatic heterocycles. The zero-order chi connectivity index (χ0) is 13.8. The van der Waals surface area contributed by atoms with Gasteiger partial charge >= 0.3 is 5.97 Å². The SMILES string of the molecule is O=C(O)c1c(CSc2cccs2)cccc1[N+](=O)[O-]. The molecule has 0 aliphatic carbocycles. The Morgan fingerprint density at radius 3 is 2.74 bits per heavy atom. The van der Waals surface area contributed by atoms with Crippen molar-refractivity contribution in [3.8, 4) is 0 Å². The minimum absolute atomic E-state index is 0.225. The van der Waals surface area contributed by atoms with Gasteiger partial charge in [0.05, 0.1) is 9.13 Å². The number of benzene rings is 1. The molecule has 98 valence electrons. The van der Waals surface area contributed by atoms with Crippen molar-refractivity contribution in [2.24, 2.45) is 0 Å². The monoisotopic (exact) mass is 295 g/mol. The van der Waals surface area contributed by atoms with Crippen molar-refractivity contribution in [2.75, 3.05) is 0 Å². The first-order valence-corrected chi connectivity index (χ1v) is 7.12. The lowest BCUT2D eigenvalue weighted by Gasteiger charge is -2.05. The highest BCUT2D eigenvalue weighted by molar-refractivity contribution is 8.00. The highest BCUT2D eigenvalue weighted by atomic mass is 32.2. The van der Waals surface area contributed by atoms with Gasteiger partial charge in [-0.15, -0.1) is 23.1 Å². The maximum atomic E-state index is 11.2. The van der Waals surface area contributed by atoms with Gasteiger partial charge in [0.15, 0.2) is 0 Å². The average Bonchev–Trinajstić information content (AvgIpc) is 2.88. The fourth-order valence-corrected chi connectivity index (χ4v) is 3.38. The van der Waals surface area contributed by atoms with Gasteiger partial charge in [-0.1, -0.05) is 18.2 Å². The molecule has 1 N–H and O–H groups in total. The first-order chi connectivity index (χ1) is 9.09. The summed E-state index contributed by atoms with van der Waals surface area (Å²) in [5, 5.41) is 21.9. The maximum Gasteiger partial charge on any atom is 0.343 e. The molecule has 1 aromatic carbocycles. The standard InChI is InChI=1S/C12H9NO4S2/c14-12(15)11-8(3-1-4-9(11)13(16)17)7-19-10-5-2-6-18-10/h1-6H,7H2,(H,14,15). The number of rotatable bonds is 5. The van der Waals surface area contributed by atoms with Gasteiger partial charge in [-0.3, -0.25) is 10.1 Å². The molecule has 0 atom stereocenters. The first kappa shape index (κ1) is 13.6. The van der Waals surface area contributed by atoms with Crippen molar-refractivity contribution in [2.45, 2.75) is 9.96 Å². The molecule has 2 rings (SSSR count). The van der Waals surface area contributed by atoms with E-state index in [1.807, 2.05) is 17.5 Å². The summed E-state index contributed by atoms with van der Waals surface area (Å²) in [6.45, 7) is 0. The number of nitro groups is 1. The van der Waals surface area contributed by atoms with Crippen LogP contribution in [0.3, 0.4) is 0 Å². The topological polar surface area (TPSA) is 80.4 Å². The molecule has 1 heterocycles. The molecule has 0 bridgehead atoms. The lowest BCUT2D eigenvalue weighted by Crippen LogP contribution is -2.06. The molecule has 0 amide bonds. The summed E-state index contributed by atoms with van der Waals surface area (Å²) in [5.41, 5.74) is -0.131. The Labute approximate surface area is 117 Å². The van der Waals surface area contributed by atoms with Crippen molar-refractivity contribution in [3.05, 3.63) is 57.0 Å². The van der Waals surface area contributed by atoms with E-state index in [0.717, 1.165) is 4.21 Å². The molecule has 0 saturated heterocycles. The summed E-state index contributed by atoms with van der Waals surface area (Å²) >= 11 is 3.01. The van der Waals surface area contributed by atoms with Gasteiger partial charge in [0.1, 0.15) is 5.56 Å². The van der Waals surface area contributed by atoms with Crippen LogP contribution in [0, 0.1) is 10.1 Å². The summed E-state index contributed by atoms with van der Waals surface area (Å²) in [5.74, 6) is -0.877. The van der Waals surface area contributed by atoms with Gasteiger partial charge in [-0.2, -0.15) is 0 Å². The first-order valence-electron chi connectivity index (χ1n) is 5.25. The number of carboxylic acid groups (broad SMARTS) is 1. The minimum Gasteiger partial charge on any atom is -0.477 e. The van der Waals surface area contributed by atoms with Crippen LogP contribution in [0.5, 0.6) is 0 Å². The average molecular weight is 295 g/mol. The van der Waals surface area contributed by atoms with E-state index in [-0.39, 0.29) is 11.3 Å². The number of thioether (sulfide) groups is 1. The predicted molar refractivity (Wildman–Crippen MR) is 73.9 cm³/mol. The van der Waals surface area contributed by atoms with Crippen molar-refractivity contribution in [3.63, 3.8) is 0 Å². The number of thiophene rings is 1. The van der Waals surface area contributed by atoms with Gasteiger partial charge in [-0.05, 0) is 17.0 Å². The minimum atomic E-state index is -1.27. The second kappa shape index (κ2) is 5.85. The summed E-state index contributed by atoms with van der Waals surface area (Å²) in [7, 11) is 0. The highest BCUT2D eigenvalue weighted by Gasteiger charge is 2.23. The van der Waals surface area contributed by atoms with Gasteiger partial charge in [0, 0.05) is 11.8 Å². The Kier molecular flexibility index (Phi) is 4.18. The quantitative estimate of drug-likeness (QED) is 0.517. The molecule has 5 nitrogen and oxygen atoms in total. The molecule has 0 saturated carbocycles. The van der Waals surface area contributed by atoms with Crippen LogP contribution in [-0.4, -0.2) is 16.0 Å². The number of nitrogens with zero attached hydrogens (tertiary/aromatic N) is 1. The second-order valence-corrected chi connectivity index (χ2v) is 5.82. The summed E-state index contributed by atoms with van der Waals surface area (Å²) in [6, 6.07) is 8.15. The molecule has 0 radical (unpaired) electrons. The Bertz CT molecular complexity index is 610. The second-order valence-electron chi connectivity index (χ2n) is 3.59. The number of carbonyl (C=O) groups is 1. The molecule has 2 aromatic rings. The van der Waals surface area contributed by atoms with Crippen LogP contribution in [-0.2, 0) is 5.75 Å². The molecular weight excluding hydrogens is 286 g/mol. The Hall–Kier alpha value is -1.86. The van der Waals surface area contributed by atoms with Crippen LogP contribution in [0.2, 0.25) is 0 Å². The number of hydrogen-bond donors (Lipinski definition) is 1. The lowest BCUT2D eigenvalue weighted by atomic mass is 10.1. The Balaban J connectivity index is 2.31. The largest absolute Gasteiger partial charge is 0.477 e. The van der Waals surface area contributed by atoms with Crippen LogP contribution < -0.4 is 0 Å². The molecule has 19 heavy (non-hydrogen) atoms. The van der Waals surface area contributed by atoms with Crippen LogP contribution in [0.15, 0.2) is 39.9 Å². The van der Waals surface area contributed by atoms with Gasteiger partial charge in [0.2, 0.25) is 0 Å². The van der Waals surface area contributed by atoms with Crippen molar-refractivity contribution in [1.82, 2.24) is 0 Å². The van der Waals surface area contributed by atoms with Crippen LogP contribution in [0.25, 0.3) is 0 Å². The van der Waals surface area contributed by atoms with E-state index in [1.165, 1.54) is 23.9 Å². The summed E-state index contributed by atoms with van der Waals surface area (Å²) in [6.07, 6.45) is 0. The van der Waals surface area contributed by atoms with E-state index in [0.29, 0.717) is 11.3 Å². The Morgan fingerprint density at radius 1 is 1.37 bits per heavy atom. The normalized spacial score (nSPS) is 10.3. The van der Waals surface area contributed by atoms with E-state index in [4.69, 9.17) is 5.11 Å². The van der Waals surface area contributed by atoms with E-state index in [1.54, 1.807) is 17.4 Å². The van der Waals surface area contributed by atoms with Gasteiger partial charge in [0.25, 0.3) is 5.69 Å². The lowest BCUT2D eigenvalue weighted by molar-refractivity contribution is -0.385. The molecule has 1 aromatic heterocycles. The zero-order valence-corrected chi connectivity index (χ0v) is 11.2. The van der Waals surface area contributed by atoms with Gasteiger partial charge < -0.3 is 5.11 Å². The Morgan fingerprint density at radius 2 is 2.16 bits per heavy atom. The summed E-state index contributed by atoms with van der Waals surface area (Å²) in [4.78, 5) is 21.4. The smallest absolute Gasteiger partial charge is 0.343 e. The molecular formula is C12H9NO4S2. The van der Waals surface area contributed by atoms with E-state index in [9.17, 15) is 14.9 Å². The van der Waals surface area contributed by atoms with E-state index >= 15 is 0 Å². The third-order valence-electron chi connectivity index (χ3n) is 2.40. The number of aromatic carboxylic acids is 1. The van der Waals surface area contributed by atoms with Crippen LogP contribution in [0.4, 0.5) is 5.69 Å². The van der Waals surface area contributed by atoms with Crippen molar-refractivity contribution in [1.29, 1.82) is 0 Å². The van der Waals surface area contributed by atoms with Crippen LogP contribution in [0.1, 0.15) is 15.9 Å². The fraction of sp³-hybridized carbons (Fsp3) is 0.0833. The van der Waals surface area contributed by atoms with Gasteiger partial charge in [-0.25, -0.2) is 4.79 Å². The molecule has 0 aliphatic rings. The highest BCUT2D eigenvalue weighted by Crippen LogP contribution is 2.31. The van der Waals surface area contributed by atoms with Crippen molar-refractivity contribution >= 4 is 34.8 Å². The number of hydrogen-bond acceptors (Lipinski definition) is 5. The number of carboxylic acids is 1.